The van der Waals surface area contributed by atoms with Gasteiger partial charge in [0.05, 0.1) is 0 Å². The van der Waals surface area contributed by atoms with Gasteiger partial charge in [-0.05, 0) is 42.0 Å². The largest absolute Gasteiger partial charge is 0.207 e. The van der Waals surface area contributed by atoms with E-state index in [-0.39, 0.29) is 11.2 Å². The summed E-state index contributed by atoms with van der Waals surface area (Å²) in [7, 11) is 0. The van der Waals surface area contributed by atoms with Gasteiger partial charge in [-0.25, -0.2) is 4.39 Å². The molecule has 0 unspecified atom stereocenters. The summed E-state index contributed by atoms with van der Waals surface area (Å²) >= 11 is 0. The van der Waals surface area contributed by atoms with Crippen molar-refractivity contribution in [2.45, 2.75) is 34.1 Å². The first-order valence-corrected chi connectivity index (χ1v) is 4.63. The Balaban J connectivity index is 2.94. The number of benzene rings is 1. The average molecular weight is 180 g/mol. The summed E-state index contributed by atoms with van der Waals surface area (Å²) in [5.41, 5.74) is 2.52. The second-order valence-corrected chi connectivity index (χ2v) is 4.81. The van der Waals surface area contributed by atoms with Gasteiger partial charge in [0.15, 0.2) is 0 Å². The number of hydrogen-bond acceptors (Lipinski definition) is 0. The first-order chi connectivity index (χ1) is 5.88. The minimum Gasteiger partial charge on any atom is -0.207 e. The first kappa shape index (κ1) is 10.2. The maximum absolute atomic E-state index is 12.9. The maximum Gasteiger partial charge on any atom is 0.123 e. The summed E-state index contributed by atoms with van der Waals surface area (Å²) in [4.78, 5) is 0. The summed E-state index contributed by atoms with van der Waals surface area (Å²) in [6.07, 6.45) is 0.927. The number of aryl methyl sites for hydroxylation is 1. The lowest BCUT2D eigenvalue weighted by atomic mass is 9.86. The van der Waals surface area contributed by atoms with Crippen LogP contribution in [-0.2, 0) is 6.42 Å². The summed E-state index contributed by atoms with van der Waals surface area (Å²) < 4.78 is 12.9. The van der Waals surface area contributed by atoms with Crippen molar-refractivity contribution in [3.63, 3.8) is 0 Å². The van der Waals surface area contributed by atoms with Gasteiger partial charge in [0, 0.05) is 0 Å². The molecule has 0 bridgehead atoms. The van der Waals surface area contributed by atoms with Gasteiger partial charge in [0.2, 0.25) is 0 Å². The third-order valence-electron chi connectivity index (χ3n) is 2.03. The monoisotopic (exact) mass is 180 g/mol. The van der Waals surface area contributed by atoms with Gasteiger partial charge >= 0.3 is 0 Å². The highest BCUT2D eigenvalue weighted by molar-refractivity contribution is 5.27. The molecule has 0 fully saturated rings. The van der Waals surface area contributed by atoms with Gasteiger partial charge in [0.1, 0.15) is 5.82 Å². The van der Waals surface area contributed by atoms with Gasteiger partial charge < -0.3 is 0 Å². The molecular weight excluding hydrogens is 163 g/mol. The van der Waals surface area contributed by atoms with Crippen LogP contribution in [0.15, 0.2) is 18.2 Å². The Labute approximate surface area is 79.8 Å². The Bertz CT molecular complexity index is 294. The molecule has 72 valence electrons. The fraction of sp³-hybridized carbons (Fsp3) is 0.500. The molecule has 1 aromatic carbocycles. The molecule has 0 nitrogen and oxygen atoms in total. The Kier molecular flexibility index (Phi) is 2.74. The van der Waals surface area contributed by atoms with Crippen LogP contribution in [0.5, 0.6) is 0 Å². The highest BCUT2D eigenvalue weighted by Crippen LogP contribution is 2.23. The number of hydrogen-bond donors (Lipinski definition) is 0. The second-order valence-electron chi connectivity index (χ2n) is 4.81. The van der Waals surface area contributed by atoms with Crippen molar-refractivity contribution in [2.24, 2.45) is 5.41 Å². The molecule has 0 radical (unpaired) electrons. The van der Waals surface area contributed by atoms with Crippen molar-refractivity contribution in [2.75, 3.05) is 0 Å². The van der Waals surface area contributed by atoms with Crippen molar-refractivity contribution in [3.8, 4) is 0 Å². The van der Waals surface area contributed by atoms with Gasteiger partial charge in [-0.1, -0.05) is 26.8 Å². The topological polar surface area (TPSA) is 0 Å². The molecule has 0 saturated heterocycles. The van der Waals surface area contributed by atoms with Crippen LogP contribution in [0, 0.1) is 18.2 Å². The molecule has 0 aromatic heterocycles. The van der Waals surface area contributed by atoms with Crippen molar-refractivity contribution < 1.29 is 4.39 Å². The van der Waals surface area contributed by atoms with Gasteiger partial charge in [-0.15, -0.1) is 0 Å². The molecule has 1 rings (SSSR count). The smallest absolute Gasteiger partial charge is 0.123 e. The molecule has 0 heterocycles. The van der Waals surface area contributed by atoms with Crippen molar-refractivity contribution in [1.29, 1.82) is 0 Å². The van der Waals surface area contributed by atoms with E-state index in [1.54, 1.807) is 6.07 Å². The van der Waals surface area contributed by atoms with Crippen LogP contribution < -0.4 is 0 Å². The Morgan fingerprint density at radius 2 is 1.85 bits per heavy atom. The molecule has 0 N–H and O–H groups in total. The molecule has 0 amide bonds. The van der Waals surface area contributed by atoms with Crippen LogP contribution in [0.2, 0.25) is 0 Å². The SMILES string of the molecule is Cc1ccc(F)cc1CC(C)(C)C. The normalized spacial score (nSPS) is 11.8. The molecule has 0 atom stereocenters. The fourth-order valence-electron chi connectivity index (χ4n) is 1.40. The number of rotatable bonds is 1. The molecule has 0 aliphatic heterocycles. The van der Waals surface area contributed by atoms with E-state index in [4.69, 9.17) is 0 Å². The molecule has 1 aromatic rings. The molecular formula is C12H17F. The van der Waals surface area contributed by atoms with Crippen molar-refractivity contribution in [1.82, 2.24) is 0 Å². The Morgan fingerprint density at radius 1 is 1.23 bits per heavy atom. The molecule has 0 spiro atoms. The second kappa shape index (κ2) is 3.49. The van der Waals surface area contributed by atoms with E-state index in [0.717, 1.165) is 12.0 Å². The van der Waals surface area contributed by atoms with Gasteiger partial charge in [-0.2, -0.15) is 0 Å². The molecule has 1 heteroatoms. The van der Waals surface area contributed by atoms with Crippen LogP contribution in [0.3, 0.4) is 0 Å². The predicted octanol–water partition coefficient (Wildman–Crippen LogP) is 3.72. The van der Waals surface area contributed by atoms with E-state index >= 15 is 0 Å². The zero-order valence-corrected chi connectivity index (χ0v) is 8.82. The van der Waals surface area contributed by atoms with E-state index in [0.29, 0.717) is 0 Å². The van der Waals surface area contributed by atoms with E-state index in [1.807, 2.05) is 13.0 Å². The average Bonchev–Trinajstić information content (AvgIpc) is 1.94. The van der Waals surface area contributed by atoms with E-state index in [2.05, 4.69) is 20.8 Å². The van der Waals surface area contributed by atoms with E-state index in [9.17, 15) is 4.39 Å². The lowest BCUT2D eigenvalue weighted by Crippen LogP contribution is -2.10. The van der Waals surface area contributed by atoms with Gasteiger partial charge in [-0.3, -0.25) is 0 Å². The van der Waals surface area contributed by atoms with Crippen LogP contribution in [-0.4, -0.2) is 0 Å². The Hall–Kier alpha value is -0.850. The quantitative estimate of drug-likeness (QED) is 0.618. The third kappa shape index (κ3) is 3.17. The minimum absolute atomic E-state index is 0.134. The molecule has 0 aliphatic carbocycles. The highest BCUT2D eigenvalue weighted by Gasteiger charge is 2.12. The highest BCUT2D eigenvalue weighted by atomic mass is 19.1. The molecule has 0 aliphatic rings. The maximum atomic E-state index is 12.9. The zero-order valence-electron chi connectivity index (χ0n) is 8.82. The number of halogens is 1. The van der Waals surface area contributed by atoms with Crippen LogP contribution >= 0.6 is 0 Å². The summed E-state index contributed by atoms with van der Waals surface area (Å²) in [5, 5.41) is 0. The summed E-state index contributed by atoms with van der Waals surface area (Å²) in [6.45, 7) is 8.52. The molecule has 13 heavy (non-hydrogen) atoms. The van der Waals surface area contributed by atoms with Crippen LogP contribution in [0.25, 0.3) is 0 Å². The summed E-state index contributed by atoms with van der Waals surface area (Å²) in [6, 6.07) is 5.00. The predicted molar refractivity (Wildman–Crippen MR) is 54.3 cm³/mol. The lowest BCUT2D eigenvalue weighted by Gasteiger charge is -2.19. The van der Waals surface area contributed by atoms with Crippen molar-refractivity contribution >= 4 is 0 Å². The van der Waals surface area contributed by atoms with Crippen LogP contribution in [0.4, 0.5) is 4.39 Å². The third-order valence-corrected chi connectivity index (χ3v) is 2.03. The standard InChI is InChI=1S/C12H17F/c1-9-5-6-11(13)7-10(9)8-12(2,3)4/h5-7H,8H2,1-4H3. The van der Waals surface area contributed by atoms with Gasteiger partial charge in [0.25, 0.3) is 0 Å². The van der Waals surface area contributed by atoms with E-state index in [1.165, 1.54) is 11.6 Å². The van der Waals surface area contributed by atoms with Crippen LogP contribution in [0.1, 0.15) is 31.9 Å². The van der Waals surface area contributed by atoms with E-state index < -0.39 is 0 Å². The molecule has 0 saturated carbocycles. The zero-order chi connectivity index (χ0) is 10.1. The minimum atomic E-state index is -0.134. The summed E-state index contributed by atoms with van der Waals surface area (Å²) in [5.74, 6) is -0.134. The Morgan fingerprint density at radius 3 is 2.38 bits per heavy atom. The van der Waals surface area contributed by atoms with Crippen molar-refractivity contribution in [3.05, 3.63) is 35.1 Å². The lowest BCUT2D eigenvalue weighted by molar-refractivity contribution is 0.409. The first-order valence-electron chi connectivity index (χ1n) is 4.63. The fourth-order valence-corrected chi connectivity index (χ4v) is 1.40.